The van der Waals surface area contributed by atoms with Gasteiger partial charge in [-0.3, -0.25) is 4.79 Å². The summed E-state index contributed by atoms with van der Waals surface area (Å²) in [4.78, 5) is 24.6. The molecule has 2 aromatic carbocycles. The number of esters is 1. The largest absolute Gasteiger partial charge is 0.449 e. The number of carbonyl (C=O) groups excluding carboxylic acids is 2. The van der Waals surface area contributed by atoms with Crippen LogP contribution in [0.5, 0.6) is 0 Å². The van der Waals surface area contributed by atoms with E-state index in [2.05, 4.69) is 19.2 Å². The Hall–Kier alpha value is -3.13. The first-order valence-electron chi connectivity index (χ1n) is 8.57. The summed E-state index contributed by atoms with van der Waals surface area (Å²) in [6.45, 7) is 5.70. The molecule has 5 nitrogen and oxygen atoms in total. The van der Waals surface area contributed by atoms with E-state index in [-0.39, 0.29) is 5.56 Å². The van der Waals surface area contributed by atoms with E-state index in [9.17, 15) is 9.59 Å². The lowest BCUT2D eigenvalue weighted by Gasteiger charge is -2.18. The fourth-order valence-electron chi connectivity index (χ4n) is 2.49. The minimum atomic E-state index is -0.960. The van der Waals surface area contributed by atoms with Crippen LogP contribution in [0, 0.1) is 11.3 Å². The molecule has 0 aliphatic heterocycles. The number of amides is 1. The molecule has 1 N–H and O–H groups in total. The lowest BCUT2D eigenvalue weighted by atomic mass is 9.97. The van der Waals surface area contributed by atoms with Crippen LogP contribution in [0.25, 0.3) is 0 Å². The van der Waals surface area contributed by atoms with Gasteiger partial charge in [-0.1, -0.05) is 38.1 Å². The molecule has 2 atom stereocenters. The van der Waals surface area contributed by atoms with Gasteiger partial charge in [0.2, 0.25) is 0 Å². The molecule has 0 heterocycles. The van der Waals surface area contributed by atoms with Crippen LogP contribution in [0.1, 0.15) is 54.6 Å². The molecule has 0 aliphatic rings. The molecule has 0 fully saturated rings. The van der Waals surface area contributed by atoms with Gasteiger partial charge in [-0.05, 0) is 49.1 Å². The molecular formula is C21H22N2O3. The third-order valence-corrected chi connectivity index (χ3v) is 4.24. The molecule has 134 valence electrons. The van der Waals surface area contributed by atoms with E-state index in [1.807, 2.05) is 30.3 Å². The Kier molecular flexibility index (Phi) is 6.51. The van der Waals surface area contributed by atoms with Gasteiger partial charge in [0.05, 0.1) is 17.2 Å². The quantitative estimate of drug-likeness (QED) is 0.790. The van der Waals surface area contributed by atoms with Crippen molar-refractivity contribution in [1.82, 2.24) is 0 Å². The van der Waals surface area contributed by atoms with E-state index in [0.717, 1.165) is 17.7 Å². The Morgan fingerprint density at radius 2 is 1.88 bits per heavy atom. The maximum Gasteiger partial charge on any atom is 0.338 e. The van der Waals surface area contributed by atoms with E-state index < -0.39 is 18.0 Å². The first-order chi connectivity index (χ1) is 12.5. The highest BCUT2D eigenvalue weighted by atomic mass is 16.5. The molecule has 26 heavy (non-hydrogen) atoms. The maximum absolute atomic E-state index is 12.4. The van der Waals surface area contributed by atoms with Crippen LogP contribution in [0.4, 0.5) is 5.69 Å². The van der Waals surface area contributed by atoms with Crippen LogP contribution in [0.3, 0.4) is 0 Å². The third kappa shape index (κ3) is 4.70. The molecule has 1 amide bonds. The van der Waals surface area contributed by atoms with Crippen LogP contribution >= 0.6 is 0 Å². The second kappa shape index (κ2) is 8.82. The number of anilines is 1. The lowest BCUT2D eigenvalue weighted by molar-refractivity contribution is -0.123. The van der Waals surface area contributed by atoms with Gasteiger partial charge in [0.15, 0.2) is 6.10 Å². The van der Waals surface area contributed by atoms with E-state index in [0.29, 0.717) is 11.5 Å². The summed E-state index contributed by atoms with van der Waals surface area (Å²) >= 11 is 0. The van der Waals surface area contributed by atoms with Crippen LogP contribution < -0.4 is 5.32 Å². The molecule has 5 heteroatoms. The van der Waals surface area contributed by atoms with Crippen molar-refractivity contribution in [2.24, 2.45) is 0 Å². The molecular weight excluding hydrogens is 328 g/mol. The van der Waals surface area contributed by atoms with Crippen molar-refractivity contribution in [2.75, 3.05) is 5.32 Å². The summed E-state index contributed by atoms with van der Waals surface area (Å²) in [5.41, 5.74) is 2.37. The van der Waals surface area contributed by atoms with Crippen LogP contribution in [0.15, 0.2) is 48.5 Å². The number of rotatable bonds is 6. The number of hydrogen-bond acceptors (Lipinski definition) is 4. The van der Waals surface area contributed by atoms with Gasteiger partial charge in [-0.15, -0.1) is 0 Å². The van der Waals surface area contributed by atoms with Gasteiger partial charge in [0.25, 0.3) is 5.91 Å². The number of hydrogen-bond donors (Lipinski definition) is 1. The molecule has 0 aromatic heterocycles. The van der Waals surface area contributed by atoms with Gasteiger partial charge >= 0.3 is 5.97 Å². The van der Waals surface area contributed by atoms with Crippen molar-refractivity contribution in [1.29, 1.82) is 5.26 Å². The standard InChI is InChI=1S/C21H22N2O3/c1-4-14(2)18-10-5-6-11-19(18)23-20(24)15(3)26-21(25)17-9-7-8-16(12-17)13-22/h5-12,14-15H,4H2,1-3H3,(H,23,24)/t14-,15+/m0/s1. The summed E-state index contributed by atoms with van der Waals surface area (Å²) < 4.78 is 5.24. The topological polar surface area (TPSA) is 79.2 Å². The number of para-hydroxylation sites is 1. The van der Waals surface area contributed by atoms with Crippen molar-refractivity contribution in [3.05, 3.63) is 65.2 Å². The molecule has 0 radical (unpaired) electrons. The van der Waals surface area contributed by atoms with Gasteiger partial charge in [-0.2, -0.15) is 5.26 Å². The van der Waals surface area contributed by atoms with Crippen LogP contribution in [-0.2, 0) is 9.53 Å². The maximum atomic E-state index is 12.4. The fraction of sp³-hybridized carbons (Fsp3) is 0.286. The van der Waals surface area contributed by atoms with Crippen molar-refractivity contribution in [2.45, 2.75) is 39.2 Å². The van der Waals surface area contributed by atoms with Crippen molar-refractivity contribution >= 4 is 17.6 Å². The summed E-state index contributed by atoms with van der Waals surface area (Å²) in [6.07, 6.45) is -0.00892. The lowest BCUT2D eigenvalue weighted by Crippen LogP contribution is -2.30. The highest BCUT2D eigenvalue weighted by Gasteiger charge is 2.20. The Balaban J connectivity index is 2.06. The average molecular weight is 350 g/mol. The van der Waals surface area contributed by atoms with Crippen molar-refractivity contribution in [3.8, 4) is 6.07 Å². The molecule has 0 saturated heterocycles. The highest BCUT2D eigenvalue weighted by molar-refractivity contribution is 5.97. The van der Waals surface area contributed by atoms with Gasteiger partial charge in [0, 0.05) is 5.69 Å². The Morgan fingerprint density at radius 1 is 1.15 bits per heavy atom. The second-order valence-corrected chi connectivity index (χ2v) is 6.13. The normalized spacial score (nSPS) is 12.5. The summed E-state index contributed by atoms with van der Waals surface area (Å²) in [7, 11) is 0. The molecule has 2 aromatic rings. The third-order valence-electron chi connectivity index (χ3n) is 4.24. The average Bonchev–Trinajstić information content (AvgIpc) is 2.67. The first-order valence-corrected chi connectivity index (χ1v) is 8.57. The highest BCUT2D eigenvalue weighted by Crippen LogP contribution is 2.26. The molecule has 0 spiro atoms. The number of nitrogens with zero attached hydrogens (tertiary/aromatic N) is 1. The predicted molar refractivity (Wildman–Crippen MR) is 99.8 cm³/mol. The number of nitrogens with one attached hydrogen (secondary N) is 1. The summed E-state index contributed by atoms with van der Waals surface area (Å²) in [5, 5.41) is 11.7. The number of carbonyl (C=O) groups is 2. The van der Waals surface area contributed by atoms with Crippen LogP contribution in [0.2, 0.25) is 0 Å². The number of ether oxygens (including phenoxy) is 1. The number of benzene rings is 2. The first kappa shape index (κ1) is 19.2. The van der Waals surface area contributed by atoms with E-state index in [4.69, 9.17) is 10.00 Å². The molecule has 0 bridgehead atoms. The predicted octanol–water partition coefficient (Wildman–Crippen LogP) is 4.26. The van der Waals surface area contributed by atoms with Gasteiger partial charge in [-0.25, -0.2) is 4.79 Å². The SMILES string of the molecule is CC[C@H](C)c1ccccc1NC(=O)[C@@H](C)OC(=O)c1cccc(C#N)c1. The minimum Gasteiger partial charge on any atom is -0.449 e. The Bertz CT molecular complexity index is 839. The zero-order valence-electron chi connectivity index (χ0n) is 15.2. The van der Waals surface area contributed by atoms with Crippen molar-refractivity contribution < 1.29 is 14.3 Å². The van der Waals surface area contributed by atoms with E-state index in [1.54, 1.807) is 18.2 Å². The fourth-order valence-corrected chi connectivity index (χ4v) is 2.49. The van der Waals surface area contributed by atoms with E-state index >= 15 is 0 Å². The Morgan fingerprint density at radius 3 is 2.58 bits per heavy atom. The van der Waals surface area contributed by atoms with Gasteiger partial charge in [0.1, 0.15) is 0 Å². The summed E-state index contributed by atoms with van der Waals surface area (Å²) in [6, 6.07) is 15.7. The van der Waals surface area contributed by atoms with Crippen LogP contribution in [-0.4, -0.2) is 18.0 Å². The zero-order valence-corrected chi connectivity index (χ0v) is 15.2. The number of nitriles is 1. The molecule has 0 saturated carbocycles. The molecule has 0 aliphatic carbocycles. The second-order valence-electron chi connectivity index (χ2n) is 6.13. The monoisotopic (exact) mass is 350 g/mol. The molecule has 2 rings (SSSR count). The molecule has 0 unspecified atom stereocenters. The van der Waals surface area contributed by atoms with E-state index in [1.165, 1.54) is 13.0 Å². The van der Waals surface area contributed by atoms with Gasteiger partial charge < -0.3 is 10.1 Å². The minimum absolute atomic E-state index is 0.240. The van der Waals surface area contributed by atoms with Crippen molar-refractivity contribution in [3.63, 3.8) is 0 Å². The Labute approximate surface area is 153 Å². The summed E-state index contributed by atoms with van der Waals surface area (Å²) in [5.74, 6) is -0.733. The smallest absolute Gasteiger partial charge is 0.338 e. The zero-order chi connectivity index (χ0) is 19.1.